The molecule has 144 valence electrons. The van der Waals surface area contributed by atoms with Gasteiger partial charge in [-0.25, -0.2) is 13.7 Å². The lowest BCUT2D eigenvalue weighted by Crippen LogP contribution is -2.41. The molecule has 0 bridgehead atoms. The van der Waals surface area contributed by atoms with Gasteiger partial charge in [-0.1, -0.05) is 0 Å². The molecule has 0 aliphatic carbocycles. The molecule has 0 atom stereocenters. The Morgan fingerprint density at radius 3 is 2.04 bits per heavy atom. The highest BCUT2D eigenvalue weighted by atomic mass is 19.1. The minimum atomic E-state index is -0.424. The van der Waals surface area contributed by atoms with Crippen molar-refractivity contribution in [2.45, 2.75) is 18.9 Å². The van der Waals surface area contributed by atoms with Gasteiger partial charge < -0.3 is 10.2 Å². The number of carbonyl (C=O) groups is 2. The molecule has 0 radical (unpaired) electrons. The molecule has 2 heterocycles. The molecule has 0 aromatic heterocycles. The Morgan fingerprint density at radius 2 is 1.43 bits per heavy atom. The summed E-state index contributed by atoms with van der Waals surface area (Å²) in [6, 6.07) is 11.7. The second-order valence-electron chi connectivity index (χ2n) is 6.90. The zero-order chi connectivity index (χ0) is 19.7. The average molecular weight is 383 g/mol. The van der Waals surface area contributed by atoms with Gasteiger partial charge in [0.15, 0.2) is 0 Å². The predicted octanol–water partition coefficient (Wildman–Crippen LogP) is 3.30. The number of anilines is 2. The maximum absolute atomic E-state index is 13.1. The SMILES string of the molecule is O=C1C=C(N2CCC(Nc3ccc(F)cc3)CC2)C(=O)N1c1ccc(F)cc1. The molecule has 2 aromatic carbocycles. The third-order valence-corrected chi connectivity index (χ3v) is 5.04. The van der Waals surface area contributed by atoms with E-state index in [2.05, 4.69) is 5.32 Å². The lowest BCUT2D eigenvalue weighted by Gasteiger charge is -2.34. The molecule has 0 unspecified atom stereocenters. The quantitative estimate of drug-likeness (QED) is 0.824. The van der Waals surface area contributed by atoms with Crippen LogP contribution in [0.15, 0.2) is 60.3 Å². The van der Waals surface area contributed by atoms with Crippen molar-refractivity contribution in [2.75, 3.05) is 23.3 Å². The standard InChI is InChI=1S/C21H19F2N3O2/c22-14-1-5-16(6-2-14)24-17-9-11-25(12-10-17)19-13-20(27)26(21(19)28)18-7-3-15(23)4-8-18/h1-8,13,17,24H,9-12H2. The number of amides is 2. The van der Waals surface area contributed by atoms with Crippen LogP contribution in [-0.2, 0) is 9.59 Å². The highest BCUT2D eigenvalue weighted by Crippen LogP contribution is 2.27. The number of halogens is 2. The summed E-state index contributed by atoms with van der Waals surface area (Å²) in [7, 11) is 0. The second-order valence-corrected chi connectivity index (χ2v) is 6.90. The Labute approximate surface area is 161 Å². The van der Waals surface area contributed by atoms with Crippen molar-refractivity contribution in [2.24, 2.45) is 0 Å². The van der Waals surface area contributed by atoms with Crippen molar-refractivity contribution < 1.29 is 18.4 Å². The zero-order valence-electron chi connectivity index (χ0n) is 15.1. The van der Waals surface area contributed by atoms with E-state index >= 15 is 0 Å². The van der Waals surface area contributed by atoms with Gasteiger partial charge in [0.1, 0.15) is 17.3 Å². The summed E-state index contributed by atoms with van der Waals surface area (Å²) in [6.07, 6.45) is 2.92. The number of nitrogens with one attached hydrogen (secondary N) is 1. The van der Waals surface area contributed by atoms with Gasteiger partial charge >= 0.3 is 0 Å². The smallest absolute Gasteiger partial charge is 0.281 e. The first-order chi connectivity index (χ1) is 13.5. The summed E-state index contributed by atoms with van der Waals surface area (Å²) in [5.74, 6) is -1.51. The van der Waals surface area contributed by atoms with Gasteiger partial charge in [0.25, 0.3) is 11.8 Å². The summed E-state index contributed by atoms with van der Waals surface area (Å²) in [5, 5.41) is 3.37. The maximum Gasteiger partial charge on any atom is 0.281 e. The van der Waals surface area contributed by atoms with Crippen molar-refractivity contribution in [3.63, 3.8) is 0 Å². The number of likely N-dealkylation sites (tertiary alicyclic amines) is 1. The van der Waals surface area contributed by atoms with Gasteiger partial charge in [-0.15, -0.1) is 0 Å². The third-order valence-electron chi connectivity index (χ3n) is 5.04. The van der Waals surface area contributed by atoms with Crippen LogP contribution < -0.4 is 10.2 Å². The van der Waals surface area contributed by atoms with E-state index in [9.17, 15) is 18.4 Å². The van der Waals surface area contributed by atoms with E-state index in [1.165, 1.54) is 42.5 Å². The summed E-state index contributed by atoms with van der Waals surface area (Å²) in [5.41, 5.74) is 1.58. The normalized spacial score (nSPS) is 17.9. The molecule has 0 saturated carbocycles. The fraction of sp³-hybridized carbons (Fsp3) is 0.238. The van der Waals surface area contributed by atoms with Crippen LogP contribution in [0.1, 0.15) is 12.8 Å². The molecule has 7 heteroatoms. The molecular formula is C21H19F2N3O2. The number of hydrogen-bond acceptors (Lipinski definition) is 4. The molecule has 5 nitrogen and oxygen atoms in total. The van der Waals surface area contributed by atoms with Crippen molar-refractivity contribution in [1.29, 1.82) is 0 Å². The Morgan fingerprint density at radius 1 is 0.857 bits per heavy atom. The minimum Gasteiger partial charge on any atom is -0.382 e. The van der Waals surface area contributed by atoms with E-state index in [0.29, 0.717) is 24.5 Å². The predicted molar refractivity (Wildman–Crippen MR) is 102 cm³/mol. The molecule has 2 aliphatic heterocycles. The average Bonchev–Trinajstić information content (AvgIpc) is 2.99. The molecule has 2 aliphatic rings. The first-order valence-corrected chi connectivity index (χ1v) is 9.14. The van der Waals surface area contributed by atoms with Crippen molar-refractivity contribution >= 4 is 23.2 Å². The second kappa shape index (κ2) is 7.42. The number of hydrogen-bond donors (Lipinski definition) is 1. The van der Waals surface area contributed by atoms with Crippen LogP contribution in [0, 0.1) is 11.6 Å². The summed E-state index contributed by atoms with van der Waals surface area (Å²) in [6.45, 7) is 1.25. The van der Waals surface area contributed by atoms with Crippen LogP contribution in [0.5, 0.6) is 0 Å². The number of piperidine rings is 1. The van der Waals surface area contributed by atoms with E-state index in [-0.39, 0.29) is 17.8 Å². The van der Waals surface area contributed by atoms with E-state index in [1.54, 1.807) is 12.1 Å². The molecule has 2 aromatic rings. The van der Waals surface area contributed by atoms with Crippen LogP contribution in [0.25, 0.3) is 0 Å². The molecule has 28 heavy (non-hydrogen) atoms. The fourth-order valence-electron chi connectivity index (χ4n) is 3.57. The lowest BCUT2D eigenvalue weighted by molar-refractivity contribution is -0.121. The van der Waals surface area contributed by atoms with E-state index < -0.39 is 11.7 Å². The number of nitrogens with zero attached hydrogens (tertiary/aromatic N) is 2. The molecule has 4 rings (SSSR count). The van der Waals surface area contributed by atoms with Crippen molar-refractivity contribution in [1.82, 2.24) is 4.90 Å². The van der Waals surface area contributed by atoms with E-state index in [0.717, 1.165) is 23.4 Å². The molecule has 1 saturated heterocycles. The molecule has 0 spiro atoms. The fourth-order valence-corrected chi connectivity index (χ4v) is 3.57. The Balaban J connectivity index is 1.38. The molecule has 2 amide bonds. The lowest BCUT2D eigenvalue weighted by atomic mass is 10.0. The third kappa shape index (κ3) is 3.60. The summed E-state index contributed by atoms with van der Waals surface area (Å²) in [4.78, 5) is 28.1. The molecule has 1 fully saturated rings. The Hall–Kier alpha value is -3.22. The van der Waals surface area contributed by atoms with Crippen LogP contribution in [0.3, 0.4) is 0 Å². The van der Waals surface area contributed by atoms with E-state index in [1.807, 2.05) is 4.90 Å². The van der Waals surface area contributed by atoms with Crippen LogP contribution in [0.4, 0.5) is 20.2 Å². The van der Waals surface area contributed by atoms with Crippen LogP contribution in [-0.4, -0.2) is 35.8 Å². The topological polar surface area (TPSA) is 52.7 Å². The van der Waals surface area contributed by atoms with Gasteiger partial charge in [-0.3, -0.25) is 9.59 Å². The van der Waals surface area contributed by atoms with Gasteiger partial charge in [0.2, 0.25) is 0 Å². The van der Waals surface area contributed by atoms with Crippen LogP contribution in [0.2, 0.25) is 0 Å². The highest BCUT2D eigenvalue weighted by molar-refractivity contribution is 6.30. The maximum atomic E-state index is 13.1. The van der Waals surface area contributed by atoms with Gasteiger partial charge in [0.05, 0.1) is 5.69 Å². The number of rotatable bonds is 4. The van der Waals surface area contributed by atoms with Crippen LogP contribution >= 0.6 is 0 Å². The summed E-state index contributed by atoms with van der Waals surface area (Å²) < 4.78 is 26.1. The Bertz CT molecular complexity index is 918. The first kappa shape index (κ1) is 18.2. The summed E-state index contributed by atoms with van der Waals surface area (Å²) >= 11 is 0. The minimum absolute atomic E-state index is 0.211. The first-order valence-electron chi connectivity index (χ1n) is 9.14. The van der Waals surface area contributed by atoms with Crippen molar-refractivity contribution in [3.8, 4) is 0 Å². The van der Waals surface area contributed by atoms with Gasteiger partial charge in [-0.2, -0.15) is 0 Å². The van der Waals surface area contributed by atoms with E-state index in [4.69, 9.17) is 0 Å². The van der Waals surface area contributed by atoms with Crippen molar-refractivity contribution in [3.05, 3.63) is 71.9 Å². The molecule has 1 N–H and O–H groups in total. The number of benzene rings is 2. The monoisotopic (exact) mass is 383 g/mol. The van der Waals surface area contributed by atoms with Gasteiger partial charge in [-0.05, 0) is 61.4 Å². The number of carbonyl (C=O) groups excluding carboxylic acids is 2. The van der Waals surface area contributed by atoms with Gasteiger partial charge in [0, 0.05) is 30.9 Å². The zero-order valence-corrected chi connectivity index (χ0v) is 15.1. The highest BCUT2D eigenvalue weighted by Gasteiger charge is 2.36. The molecular weight excluding hydrogens is 364 g/mol. The number of imide groups is 1. The Kier molecular flexibility index (Phi) is 4.81. The largest absolute Gasteiger partial charge is 0.382 e.